The van der Waals surface area contributed by atoms with E-state index in [1.807, 2.05) is 22.4 Å². The predicted octanol–water partition coefficient (Wildman–Crippen LogP) is 4.03. The molecule has 2 atom stereocenters. The van der Waals surface area contributed by atoms with Crippen LogP contribution in [0.1, 0.15) is 47.0 Å². The van der Waals surface area contributed by atoms with Crippen molar-refractivity contribution in [2.24, 2.45) is 5.92 Å². The van der Waals surface area contributed by atoms with Gasteiger partial charge in [-0.1, -0.05) is 6.07 Å². The molecule has 4 rings (SSSR count). The Morgan fingerprint density at radius 2 is 1.96 bits per heavy atom. The van der Waals surface area contributed by atoms with Crippen LogP contribution in [0.5, 0.6) is 0 Å². The lowest BCUT2D eigenvalue weighted by atomic mass is 9.95. The van der Waals surface area contributed by atoms with Gasteiger partial charge in [-0.25, -0.2) is 0 Å². The second-order valence-electron chi connectivity index (χ2n) is 6.81. The Morgan fingerprint density at radius 1 is 1.08 bits per heavy atom. The third-order valence-electron chi connectivity index (χ3n) is 5.25. The standard InChI is InChI=1S/C19H22N2O2S2/c22-18(21-9-2-5-16(21)15-7-11-24-13-15)14-4-1-8-20(12-14)19(23)17-6-3-10-25-17/h3,6-7,10-11,13-14,16H,1-2,4-5,8-9,12H2. The van der Waals surface area contributed by atoms with Crippen molar-refractivity contribution < 1.29 is 9.59 Å². The number of hydrogen-bond donors (Lipinski definition) is 0. The Labute approximate surface area is 156 Å². The number of hydrogen-bond acceptors (Lipinski definition) is 4. The molecule has 0 radical (unpaired) electrons. The van der Waals surface area contributed by atoms with E-state index in [0.29, 0.717) is 6.54 Å². The van der Waals surface area contributed by atoms with E-state index in [2.05, 4.69) is 21.7 Å². The van der Waals surface area contributed by atoms with E-state index in [4.69, 9.17) is 0 Å². The number of piperidine rings is 1. The van der Waals surface area contributed by atoms with Crippen molar-refractivity contribution in [2.75, 3.05) is 19.6 Å². The molecule has 0 aliphatic carbocycles. The summed E-state index contributed by atoms with van der Waals surface area (Å²) in [5.41, 5.74) is 1.26. The molecule has 2 amide bonds. The third-order valence-corrected chi connectivity index (χ3v) is 6.81. The van der Waals surface area contributed by atoms with Crippen molar-refractivity contribution in [3.05, 3.63) is 44.8 Å². The van der Waals surface area contributed by atoms with Crippen LogP contribution >= 0.6 is 22.7 Å². The van der Waals surface area contributed by atoms with E-state index in [9.17, 15) is 9.59 Å². The first-order valence-electron chi connectivity index (χ1n) is 8.89. The van der Waals surface area contributed by atoms with Gasteiger partial charge in [-0.05, 0) is 59.5 Å². The first-order chi connectivity index (χ1) is 12.2. The lowest BCUT2D eigenvalue weighted by Gasteiger charge is -2.35. The van der Waals surface area contributed by atoms with Crippen LogP contribution in [0.25, 0.3) is 0 Å². The zero-order valence-corrected chi connectivity index (χ0v) is 15.7. The van der Waals surface area contributed by atoms with Crippen LogP contribution in [-0.2, 0) is 4.79 Å². The molecule has 0 spiro atoms. The highest BCUT2D eigenvalue weighted by Crippen LogP contribution is 2.35. The van der Waals surface area contributed by atoms with Crippen LogP contribution in [-0.4, -0.2) is 41.2 Å². The second kappa shape index (κ2) is 7.30. The summed E-state index contributed by atoms with van der Waals surface area (Å²) in [6.45, 7) is 2.16. The minimum absolute atomic E-state index is 0.0584. The maximum absolute atomic E-state index is 13.2. The first kappa shape index (κ1) is 16.8. The van der Waals surface area contributed by atoms with Gasteiger partial charge < -0.3 is 9.80 Å². The zero-order chi connectivity index (χ0) is 17.2. The SMILES string of the molecule is O=C(c1cccs1)N1CCCC(C(=O)N2CCCC2c2ccsc2)C1. The van der Waals surface area contributed by atoms with E-state index in [1.54, 1.807) is 11.3 Å². The van der Waals surface area contributed by atoms with Crippen molar-refractivity contribution in [1.82, 2.24) is 9.80 Å². The molecule has 2 fully saturated rings. The normalized spacial score (nSPS) is 23.8. The topological polar surface area (TPSA) is 40.6 Å². The maximum Gasteiger partial charge on any atom is 0.263 e. The number of amides is 2. The van der Waals surface area contributed by atoms with Crippen LogP contribution in [0.4, 0.5) is 0 Å². The number of rotatable bonds is 3. The van der Waals surface area contributed by atoms with Crippen molar-refractivity contribution in [1.29, 1.82) is 0 Å². The Balaban J connectivity index is 1.45. The molecule has 4 nitrogen and oxygen atoms in total. The van der Waals surface area contributed by atoms with E-state index in [0.717, 1.165) is 43.6 Å². The van der Waals surface area contributed by atoms with Gasteiger partial charge in [0.15, 0.2) is 0 Å². The van der Waals surface area contributed by atoms with E-state index in [1.165, 1.54) is 16.9 Å². The van der Waals surface area contributed by atoms with Crippen molar-refractivity contribution in [3.8, 4) is 0 Å². The molecular formula is C19H22N2O2S2. The van der Waals surface area contributed by atoms with Crippen LogP contribution < -0.4 is 0 Å². The predicted molar refractivity (Wildman–Crippen MR) is 101 cm³/mol. The first-order valence-corrected chi connectivity index (χ1v) is 10.7. The summed E-state index contributed by atoms with van der Waals surface area (Å²) in [5, 5.41) is 6.16. The number of nitrogens with zero attached hydrogens (tertiary/aromatic N) is 2. The smallest absolute Gasteiger partial charge is 0.263 e. The summed E-state index contributed by atoms with van der Waals surface area (Å²) in [7, 11) is 0. The highest BCUT2D eigenvalue weighted by atomic mass is 32.1. The molecule has 6 heteroatoms. The van der Waals surface area contributed by atoms with Crippen molar-refractivity contribution in [3.63, 3.8) is 0 Å². The largest absolute Gasteiger partial charge is 0.337 e. The van der Waals surface area contributed by atoms with E-state index < -0.39 is 0 Å². The average Bonchev–Trinajstić information content (AvgIpc) is 3.42. The van der Waals surface area contributed by atoms with Crippen molar-refractivity contribution >= 4 is 34.5 Å². The van der Waals surface area contributed by atoms with Crippen LogP contribution in [0, 0.1) is 5.92 Å². The van der Waals surface area contributed by atoms with E-state index in [-0.39, 0.29) is 23.8 Å². The molecule has 0 saturated carbocycles. The summed E-state index contributed by atoms with van der Waals surface area (Å²) in [4.78, 5) is 30.5. The summed E-state index contributed by atoms with van der Waals surface area (Å²) in [5.74, 6) is 0.248. The number of thiophene rings is 2. The molecule has 2 saturated heterocycles. The number of likely N-dealkylation sites (tertiary alicyclic amines) is 2. The summed E-state index contributed by atoms with van der Waals surface area (Å²) < 4.78 is 0. The summed E-state index contributed by atoms with van der Waals surface area (Å²) >= 11 is 3.16. The van der Waals surface area contributed by atoms with Gasteiger partial charge in [-0.15, -0.1) is 11.3 Å². The molecule has 0 N–H and O–H groups in total. The van der Waals surface area contributed by atoms with Gasteiger partial charge in [-0.3, -0.25) is 9.59 Å². The fourth-order valence-electron chi connectivity index (χ4n) is 4.00. The highest BCUT2D eigenvalue weighted by molar-refractivity contribution is 7.12. The lowest BCUT2D eigenvalue weighted by molar-refractivity contribution is -0.137. The third kappa shape index (κ3) is 3.37. The molecule has 4 heterocycles. The van der Waals surface area contributed by atoms with Gasteiger partial charge in [0.25, 0.3) is 5.91 Å². The minimum Gasteiger partial charge on any atom is -0.337 e. The molecule has 2 aromatic rings. The van der Waals surface area contributed by atoms with Gasteiger partial charge in [0.2, 0.25) is 5.91 Å². The Morgan fingerprint density at radius 3 is 2.72 bits per heavy atom. The van der Waals surface area contributed by atoms with Gasteiger partial charge in [0.05, 0.1) is 16.8 Å². The molecular weight excluding hydrogens is 352 g/mol. The van der Waals surface area contributed by atoms with Gasteiger partial charge >= 0.3 is 0 Å². The van der Waals surface area contributed by atoms with Crippen LogP contribution in [0.15, 0.2) is 34.3 Å². The monoisotopic (exact) mass is 374 g/mol. The molecule has 2 aliphatic heterocycles. The lowest BCUT2D eigenvalue weighted by Crippen LogP contribution is -2.46. The number of carbonyl (C=O) groups excluding carboxylic acids is 2. The Kier molecular flexibility index (Phi) is 4.90. The molecule has 132 valence electrons. The second-order valence-corrected chi connectivity index (χ2v) is 8.54. The summed E-state index contributed by atoms with van der Waals surface area (Å²) in [6.07, 6.45) is 3.91. The van der Waals surface area contributed by atoms with Crippen LogP contribution in [0.2, 0.25) is 0 Å². The minimum atomic E-state index is -0.0584. The molecule has 25 heavy (non-hydrogen) atoms. The molecule has 0 bridgehead atoms. The quantitative estimate of drug-likeness (QED) is 0.814. The van der Waals surface area contributed by atoms with Gasteiger partial charge in [0.1, 0.15) is 0 Å². The number of carbonyl (C=O) groups is 2. The van der Waals surface area contributed by atoms with Crippen LogP contribution in [0.3, 0.4) is 0 Å². The Bertz CT molecular complexity index is 727. The van der Waals surface area contributed by atoms with Gasteiger partial charge in [0, 0.05) is 19.6 Å². The molecule has 2 unspecified atom stereocenters. The van der Waals surface area contributed by atoms with Gasteiger partial charge in [-0.2, -0.15) is 11.3 Å². The highest BCUT2D eigenvalue weighted by Gasteiger charge is 2.37. The molecule has 2 aliphatic rings. The fourth-order valence-corrected chi connectivity index (χ4v) is 5.39. The Hall–Kier alpha value is -1.66. The summed E-state index contributed by atoms with van der Waals surface area (Å²) in [6, 6.07) is 6.13. The molecule has 2 aromatic heterocycles. The zero-order valence-electron chi connectivity index (χ0n) is 14.1. The maximum atomic E-state index is 13.2. The fraction of sp³-hybridized carbons (Fsp3) is 0.474. The molecule has 0 aromatic carbocycles. The van der Waals surface area contributed by atoms with E-state index >= 15 is 0 Å². The van der Waals surface area contributed by atoms with Crippen molar-refractivity contribution in [2.45, 2.75) is 31.7 Å². The average molecular weight is 375 g/mol.